The van der Waals surface area contributed by atoms with Gasteiger partial charge in [-0.05, 0) is 31.6 Å². The minimum absolute atomic E-state index is 0.263. The average Bonchev–Trinajstić information content (AvgIpc) is 3.00. The van der Waals surface area contributed by atoms with Gasteiger partial charge in [-0.15, -0.1) is 5.10 Å². The van der Waals surface area contributed by atoms with E-state index in [1.807, 2.05) is 6.92 Å². The summed E-state index contributed by atoms with van der Waals surface area (Å²) in [5, 5.41) is 7.73. The molecule has 0 bridgehead atoms. The molecule has 2 atom stereocenters. The van der Waals surface area contributed by atoms with Crippen molar-refractivity contribution in [1.82, 2.24) is 20.1 Å². The normalized spacial score (nSPS) is 25.7. The number of likely N-dealkylation sites (tertiary alicyclic amines) is 1. The van der Waals surface area contributed by atoms with Crippen LogP contribution in [0.4, 0.5) is 0 Å². The number of hydrogen-bond donors (Lipinski definition) is 1. The lowest BCUT2D eigenvalue weighted by Gasteiger charge is -2.44. The van der Waals surface area contributed by atoms with Gasteiger partial charge in [0.15, 0.2) is 0 Å². The van der Waals surface area contributed by atoms with Gasteiger partial charge in [-0.3, -0.25) is 9.89 Å². The summed E-state index contributed by atoms with van der Waals surface area (Å²) in [6, 6.07) is 0.499. The molecule has 2 heterocycles. The molecule has 0 aromatic carbocycles. The zero-order valence-electron chi connectivity index (χ0n) is 12.7. The Morgan fingerprint density at radius 1 is 1.33 bits per heavy atom. The number of carbonyl (C=O) groups excluding carboxylic acids is 1. The van der Waals surface area contributed by atoms with E-state index in [0.717, 1.165) is 31.1 Å². The smallest absolute Gasteiger partial charge is 0.233 e. The lowest BCUT2D eigenvalue weighted by atomic mass is 9.78. The van der Waals surface area contributed by atoms with E-state index < -0.39 is 0 Å². The van der Waals surface area contributed by atoms with Crippen molar-refractivity contribution in [2.75, 3.05) is 12.3 Å². The monoisotopic (exact) mass is 308 g/mol. The SMILES string of the molecule is CCc1nc(SCC(=O)N2CCCC3CCCCC32)n[nH]1. The van der Waals surface area contributed by atoms with E-state index in [4.69, 9.17) is 0 Å². The summed E-state index contributed by atoms with van der Waals surface area (Å²) in [5.74, 6) is 2.36. The number of fused-ring (bicyclic) bond motifs is 1. The molecule has 1 aromatic rings. The highest BCUT2D eigenvalue weighted by atomic mass is 32.2. The number of piperidine rings is 1. The summed E-state index contributed by atoms with van der Waals surface area (Å²) in [5.41, 5.74) is 0. The van der Waals surface area contributed by atoms with Gasteiger partial charge >= 0.3 is 0 Å². The Kier molecular flexibility index (Phi) is 4.83. The molecule has 1 aliphatic heterocycles. The number of aryl methyl sites for hydroxylation is 1. The summed E-state index contributed by atoms with van der Waals surface area (Å²) in [6.07, 6.45) is 8.44. The first-order valence-corrected chi connectivity index (χ1v) is 9.10. The third-order valence-electron chi connectivity index (χ3n) is 4.73. The largest absolute Gasteiger partial charge is 0.339 e. The highest BCUT2D eigenvalue weighted by Gasteiger charge is 2.35. The maximum Gasteiger partial charge on any atom is 0.233 e. The number of nitrogens with one attached hydrogen (secondary N) is 1. The fraction of sp³-hybridized carbons (Fsp3) is 0.800. The third-order valence-corrected chi connectivity index (χ3v) is 5.57. The van der Waals surface area contributed by atoms with Crippen LogP contribution in [0.2, 0.25) is 0 Å². The van der Waals surface area contributed by atoms with Crippen LogP contribution in [0.5, 0.6) is 0 Å². The zero-order valence-corrected chi connectivity index (χ0v) is 13.5. The highest BCUT2D eigenvalue weighted by Crippen LogP contribution is 2.35. The van der Waals surface area contributed by atoms with Crippen LogP contribution in [0.1, 0.15) is 51.3 Å². The Bertz CT molecular complexity index is 488. The number of hydrogen-bond acceptors (Lipinski definition) is 4. The second kappa shape index (κ2) is 6.81. The number of aromatic amines is 1. The number of nitrogens with zero attached hydrogens (tertiary/aromatic N) is 3. The summed E-state index contributed by atoms with van der Waals surface area (Å²) >= 11 is 1.45. The van der Waals surface area contributed by atoms with Gasteiger partial charge < -0.3 is 4.90 Å². The van der Waals surface area contributed by atoms with E-state index in [1.54, 1.807) is 0 Å². The van der Waals surface area contributed by atoms with Crippen LogP contribution in [0.25, 0.3) is 0 Å². The first-order chi connectivity index (χ1) is 10.3. The van der Waals surface area contributed by atoms with E-state index in [9.17, 15) is 4.79 Å². The van der Waals surface area contributed by atoms with Crippen molar-refractivity contribution in [3.05, 3.63) is 5.82 Å². The molecule has 21 heavy (non-hydrogen) atoms. The van der Waals surface area contributed by atoms with Crippen LogP contribution in [0.3, 0.4) is 0 Å². The molecule has 0 spiro atoms. The maximum atomic E-state index is 12.5. The molecule has 3 rings (SSSR count). The molecule has 2 unspecified atom stereocenters. The van der Waals surface area contributed by atoms with Crippen molar-refractivity contribution in [3.63, 3.8) is 0 Å². The van der Waals surface area contributed by atoms with Gasteiger partial charge in [0.25, 0.3) is 0 Å². The Hall–Kier alpha value is -1.04. The Morgan fingerprint density at radius 2 is 2.14 bits per heavy atom. The van der Waals surface area contributed by atoms with Crippen LogP contribution < -0.4 is 0 Å². The highest BCUT2D eigenvalue weighted by molar-refractivity contribution is 7.99. The quantitative estimate of drug-likeness (QED) is 0.869. The summed E-state index contributed by atoms with van der Waals surface area (Å²) in [4.78, 5) is 19.0. The van der Waals surface area contributed by atoms with Gasteiger partial charge in [-0.1, -0.05) is 31.5 Å². The van der Waals surface area contributed by atoms with Crippen LogP contribution in [0.15, 0.2) is 5.16 Å². The summed E-state index contributed by atoms with van der Waals surface area (Å²) < 4.78 is 0. The van der Waals surface area contributed by atoms with E-state index in [0.29, 0.717) is 17.0 Å². The van der Waals surface area contributed by atoms with Crippen molar-refractivity contribution in [2.24, 2.45) is 5.92 Å². The zero-order chi connectivity index (χ0) is 14.7. The van der Waals surface area contributed by atoms with Crippen molar-refractivity contribution in [2.45, 2.75) is 63.1 Å². The number of amides is 1. The molecule has 1 aromatic heterocycles. The lowest BCUT2D eigenvalue weighted by molar-refractivity contribution is -0.134. The van der Waals surface area contributed by atoms with E-state index in [-0.39, 0.29) is 5.91 Å². The van der Waals surface area contributed by atoms with Gasteiger partial charge in [0.05, 0.1) is 5.75 Å². The predicted molar refractivity (Wildman–Crippen MR) is 83.2 cm³/mol. The van der Waals surface area contributed by atoms with Crippen molar-refractivity contribution in [3.8, 4) is 0 Å². The minimum Gasteiger partial charge on any atom is -0.339 e. The predicted octanol–water partition coefficient (Wildman–Crippen LogP) is 2.64. The van der Waals surface area contributed by atoms with Crippen molar-refractivity contribution < 1.29 is 4.79 Å². The molecule has 2 fully saturated rings. The second-order valence-corrected chi connectivity index (χ2v) is 6.99. The molecule has 2 aliphatic rings. The van der Waals surface area contributed by atoms with Gasteiger partial charge in [-0.2, -0.15) is 0 Å². The van der Waals surface area contributed by atoms with Crippen LogP contribution in [-0.4, -0.2) is 44.3 Å². The van der Waals surface area contributed by atoms with Crippen LogP contribution in [0, 0.1) is 5.92 Å². The third kappa shape index (κ3) is 3.42. The fourth-order valence-corrected chi connectivity index (χ4v) is 4.35. The van der Waals surface area contributed by atoms with Gasteiger partial charge in [0, 0.05) is 19.0 Å². The molecule has 1 saturated carbocycles. The Morgan fingerprint density at radius 3 is 2.95 bits per heavy atom. The molecule has 6 heteroatoms. The molecule has 5 nitrogen and oxygen atoms in total. The fourth-order valence-electron chi connectivity index (χ4n) is 3.64. The number of H-pyrrole nitrogens is 1. The van der Waals surface area contributed by atoms with Gasteiger partial charge in [-0.25, -0.2) is 4.98 Å². The molecule has 0 radical (unpaired) electrons. The topological polar surface area (TPSA) is 61.9 Å². The number of rotatable bonds is 4. The van der Waals surface area contributed by atoms with E-state index in [1.165, 1.54) is 43.9 Å². The van der Waals surface area contributed by atoms with Crippen LogP contribution >= 0.6 is 11.8 Å². The lowest BCUT2D eigenvalue weighted by Crippen LogP contribution is -2.50. The Labute approximate surface area is 130 Å². The van der Waals surface area contributed by atoms with Crippen molar-refractivity contribution >= 4 is 17.7 Å². The molecular formula is C15H24N4OS. The maximum absolute atomic E-state index is 12.5. The molecule has 1 saturated heterocycles. The summed E-state index contributed by atoms with van der Waals surface area (Å²) in [6.45, 7) is 2.98. The van der Waals surface area contributed by atoms with Gasteiger partial charge in [0.1, 0.15) is 5.82 Å². The first-order valence-electron chi connectivity index (χ1n) is 8.11. The minimum atomic E-state index is 0.263. The molecule has 1 aliphatic carbocycles. The Balaban J connectivity index is 1.56. The first kappa shape index (κ1) is 14.9. The van der Waals surface area contributed by atoms with Crippen molar-refractivity contribution in [1.29, 1.82) is 0 Å². The van der Waals surface area contributed by atoms with Gasteiger partial charge in [0.2, 0.25) is 11.1 Å². The number of carbonyl (C=O) groups is 1. The molecule has 1 N–H and O–H groups in total. The molecule has 116 valence electrons. The summed E-state index contributed by atoms with van der Waals surface area (Å²) in [7, 11) is 0. The standard InChI is InChI=1S/C15H24N4OS/c1-2-13-16-15(18-17-13)21-10-14(20)19-9-5-7-11-6-3-4-8-12(11)19/h11-12H,2-10H2,1H3,(H,16,17,18). The second-order valence-electron chi connectivity index (χ2n) is 6.05. The number of thioether (sulfide) groups is 1. The van der Waals surface area contributed by atoms with E-state index in [2.05, 4.69) is 20.1 Å². The average molecular weight is 308 g/mol. The molecular weight excluding hydrogens is 284 g/mol. The molecule has 1 amide bonds. The van der Waals surface area contributed by atoms with E-state index >= 15 is 0 Å². The van der Waals surface area contributed by atoms with Crippen LogP contribution in [-0.2, 0) is 11.2 Å². The number of aromatic nitrogens is 3.